The lowest BCUT2D eigenvalue weighted by Gasteiger charge is -2.28. The topological polar surface area (TPSA) is 12.0 Å². The normalized spacial score (nSPS) is 26.6. The maximum absolute atomic E-state index is 13.1. The summed E-state index contributed by atoms with van der Waals surface area (Å²) in [5.74, 6) is -0.172. The Balaban J connectivity index is 2.24. The Hall–Kier alpha value is -0.0600. The molecule has 2 unspecified atom stereocenters. The second-order valence-corrected chi connectivity index (χ2v) is 6.14. The van der Waals surface area contributed by atoms with Crippen LogP contribution in [-0.4, -0.2) is 11.8 Å². The Bertz CT molecular complexity index is 358. The van der Waals surface area contributed by atoms with E-state index in [1.165, 1.54) is 12.5 Å². The van der Waals surface area contributed by atoms with Gasteiger partial charge in [-0.05, 0) is 36.7 Å². The van der Waals surface area contributed by atoms with Crippen LogP contribution in [0.5, 0.6) is 0 Å². The SMILES string of the molecule is CC1CCNC(c2cc(F)ccc2Br)S1. The summed E-state index contributed by atoms with van der Waals surface area (Å²) in [6.45, 7) is 3.22. The van der Waals surface area contributed by atoms with Crippen LogP contribution in [0.1, 0.15) is 24.3 Å². The van der Waals surface area contributed by atoms with Crippen molar-refractivity contribution in [3.63, 3.8) is 0 Å². The molecule has 1 N–H and O–H groups in total. The van der Waals surface area contributed by atoms with Crippen molar-refractivity contribution in [2.75, 3.05) is 6.54 Å². The largest absolute Gasteiger partial charge is 0.302 e. The van der Waals surface area contributed by atoms with Crippen LogP contribution in [0.15, 0.2) is 22.7 Å². The summed E-state index contributed by atoms with van der Waals surface area (Å²) in [6.07, 6.45) is 1.17. The van der Waals surface area contributed by atoms with Crippen molar-refractivity contribution in [3.05, 3.63) is 34.1 Å². The molecule has 1 saturated heterocycles. The number of nitrogens with one attached hydrogen (secondary N) is 1. The zero-order valence-electron chi connectivity index (χ0n) is 8.47. The molecule has 1 nitrogen and oxygen atoms in total. The molecule has 1 fully saturated rings. The lowest BCUT2D eigenvalue weighted by Crippen LogP contribution is -2.29. The molecule has 1 aliphatic heterocycles. The van der Waals surface area contributed by atoms with Gasteiger partial charge in [0.25, 0.3) is 0 Å². The van der Waals surface area contributed by atoms with E-state index < -0.39 is 0 Å². The van der Waals surface area contributed by atoms with Crippen LogP contribution in [0.25, 0.3) is 0 Å². The average Bonchev–Trinajstić information content (AvgIpc) is 2.22. The third-order valence-corrected chi connectivity index (χ3v) is 4.60. The minimum atomic E-state index is -0.172. The standard InChI is InChI=1S/C11H13BrFNS/c1-7-4-5-14-11(15-7)9-6-8(13)2-3-10(9)12/h2-3,6-7,11,14H,4-5H2,1H3. The molecule has 15 heavy (non-hydrogen) atoms. The van der Waals surface area contributed by atoms with Crippen LogP contribution in [0.3, 0.4) is 0 Å². The lowest BCUT2D eigenvalue weighted by molar-refractivity contribution is 0.592. The first-order valence-corrected chi connectivity index (χ1v) is 6.74. The van der Waals surface area contributed by atoms with Gasteiger partial charge in [-0.25, -0.2) is 4.39 Å². The van der Waals surface area contributed by atoms with E-state index in [1.54, 1.807) is 12.1 Å². The zero-order chi connectivity index (χ0) is 10.8. The summed E-state index contributed by atoms with van der Waals surface area (Å²) >= 11 is 5.32. The van der Waals surface area contributed by atoms with Gasteiger partial charge in [-0.1, -0.05) is 22.9 Å². The van der Waals surface area contributed by atoms with Crippen molar-refractivity contribution in [1.82, 2.24) is 5.32 Å². The van der Waals surface area contributed by atoms with E-state index in [0.717, 1.165) is 16.6 Å². The van der Waals surface area contributed by atoms with E-state index in [4.69, 9.17) is 0 Å². The molecule has 0 saturated carbocycles. The number of rotatable bonds is 1. The third kappa shape index (κ3) is 2.74. The third-order valence-electron chi connectivity index (χ3n) is 2.49. The quantitative estimate of drug-likeness (QED) is 0.846. The summed E-state index contributed by atoms with van der Waals surface area (Å²) in [5, 5.41) is 4.24. The van der Waals surface area contributed by atoms with Crippen LogP contribution in [0.2, 0.25) is 0 Å². The zero-order valence-corrected chi connectivity index (χ0v) is 10.9. The molecule has 82 valence electrons. The first-order chi connectivity index (χ1) is 7.16. The summed E-state index contributed by atoms with van der Waals surface area (Å²) < 4.78 is 14.1. The molecule has 0 aliphatic carbocycles. The molecule has 4 heteroatoms. The molecule has 2 rings (SSSR count). The van der Waals surface area contributed by atoms with Gasteiger partial charge >= 0.3 is 0 Å². The molecule has 0 radical (unpaired) electrons. The predicted molar refractivity (Wildman–Crippen MR) is 66.5 cm³/mol. The van der Waals surface area contributed by atoms with Gasteiger partial charge in [0.15, 0.2) is 0 Å². The molecule has 2 atom stereocenters. The van der Waals surface area contributed by atoms with E-state index in [0.29, 0.717) is 5.25 Å². The Morgan fingerprint density at radius 3 is 3.07 bits per heavy atom. The summed E-state index contributed by atoms with van der Waals surface area (Å²) in [6, 6.07) is 4.85. The van der Waals surface area contributed by atoms with Crippen molar-refractivity contribution < 1.29 is 4.39 Å². The maximum Gasteiger partial charge on any atom is 0.123 e. The Labute approximate surface area is 102 Å². The lowest BCUT2D eigenvalue weighted by atomic mass is 10.2. The summed E-state index contributed by atoms with van der Waals surface area (Å²) in [5.41, 5.74) is 1.01. The van der Waals surface area contributed by atoms with Crippen molar-refractivity contribution >= 4 is 27.7 Å². The highest BCUT2D eigenvalue weighted by atomic mass is 79.9. The van der Waals surface area contributed by atoms with Crippen molar-refractivity contribution in [2.24, 2.45) is 0 Å². The molecule has 1 aliphatic rings. The molecule has 1 heterocycles. The number of thioether (sulfide) groups is 1. The van der Waals surface area contributed by atoms with Gasteiger partial charge in [-0.15, -0.1) is 11.8 Å². The van der Waals surface area contributed by atoms with Crippen LogP contribution < -0.4 is 5.32 Å². The van der Waals surface area contributed by atoms with Crippen LogP contribution >= 0.6 is 27.7 Å². The summed E-state index contributed by atoms with van der Waals surface area (Å²) in [4.78, 5) is 0. The molecular formula is C11H13BrFNS. The van der Waals surface area contributed by atoms with Crippen molar-refractivity contribution in [3.8, 4) is 0 Å². The van der Waals surface area contributed by atoms with E-state index in [2.05, 4.69) is 28.2 Å². The van der Waals surface area contributed by atoms with Crippen molar-refractivity contribution in [1.29, 1.82) is 0 Å². The average molecular weight is 290 g/mol. The smallest absolute Gasteiger partial charge is 0.123 e. The fourth-order valence-corrected chi connectivity index (χ4v) is 3.57. The molecule has 0 spiro atoms. The van der Waals surface area contributed by atoms with Gasteiger partial charge in [0, 0.05) is 9.72 Å². The highest BCUT2D eigenvalue weighted by Crippen LogP contribution is 2.37. The number of hydrogen-bond donors (Lipinski definition) is 1. The second-order valence-electron chi connectivity index (χ2n) is 3.74. The number of benzene rings is 1. The Morgan fingerprint density at radius 1 is 1.53 bits per heavy atom. The fraction of sp³-hybridized carbons (Fsp3) is 0.455. The minimum absolute atomic E-state index is 0.172. The second kappa shape index (κ2) is 4.85. The number of hydrogen-bond acceptors (Lipinski definition) is 2. The Kier molecular flexibility index (Phi) is 3.69. The maximum atomic E-state index is 13.1. The molecular weight excluding hydrogens is 277 g/mol. The summed E-state index contributed by atoms with van der Waals surface area (Å²) in [7, 11) is 0. The predicted octanol–water partition coefficient (Wildman–Crippen LogP) is 3.70. The van der Waals surface area contributed by atoms with Crippen LogP contribution in [0, 0.1) is 5.82 Å². The van der Waals surface area contributed by atoms with E-state index in [-0.39, 0.29) is 11.2 Å². The van der Waals surface area contributed by atoms with Crippen LogP contribution in [0.4, 0.5) is 4.39 Å². The molecule has 1 aromatic carbocycles. The fourth-order valence-electron chi connectivity index (χ4n) is 1.66. The van der Waals surface area contributed by atoms with E-state index in [1.807, 2.05) is 11.8 Å². The van der Waals surface area contributed by atoms with Crippen LogP contribution in [-0.2, 0) is 0 Å². The van der Waals surface area contributed by atoms with Gasteiger partial charge < -0.3 is 5.32 Å². The molecule has 0 amide bonds. The van der Waals surface area contributed by atoms with Crippen molar-refractivity contribution in [2.45, 2.75) is 24.0 Å². The molecule has 1 aromatic rings. The molecule has 0 bridgehead atoms. The van der Waals surface area contributed by atoms with Gasteiger partial charge in [0.05, 0.1) is 5.37 Å². The van der Waals surface area contributed by atoms with Gasteiger partial charge in [0.2, 0.25) is 0 Å². The Morgan fingerprint density at radius 2 is 2.33 bits per heavy atom. The number of halogens is 2. The van der Waals surface area contributed by atoms with E-state index in [9.17, 15) is 4.39 Å². The van der Waals surface area contributed by atoms with Gasteiger partial charge in [-0.2, -0.15) is 0 Å². The minimum Gasteiger partial charge on any atom is -0.302 e. The first-order valence-electron chi connectivity index (χ1n) is 5.00. The van der Waals surface area contributed by atoms with Gasteiger partial charge in [-0.3, -0.25) is 0 Å². The first kappa shape index (κ1) is 11.4. The van der Waals surface area contributed by atoms with E-state index >= 15 is 0 Å². The highest BCUT2D eigenvalue weighted by Gasteiger charge is 2.22. The highest BCUT2D eigenvalue weighted by molar-refractivity contribution is 9.10. The van der Waals surface area contributed by atoms with Gasteiger partial charge in [0.1, 0.15) is 5.82 Å². The monoisotopic (exact) mass is 289 g/mol. The molecule has 0 aromatic heterocycles.